The molecule has 0 radical (unpaired) electrons. The van der Waals surface area contributed by atoms with E-state index in [-0.39, 0.29) is 0 Å². The molecule has 116 valence electrons. The number of hydrogen-bond acceptors (Lipinski definition) is 4. The fraction of sp³-hybridized carbons (Fsp3) is 0.429. The number of nitrogens with one attached hydrogen (secondary N) is 3. The Balaban J connectivity index is 2.52. The van der Waals surface area contributed by atoms with Crippen molar-refractivity contribution in [1.82, 2.24) is 10.6 Å². The molecule has 5 N–H and O–H groups in total. The number of carbonyl (C=O) groups excluding carboxylic acids is 2. The van der Waals surface area contributed by atoms with Gasteiger partial charge in [0.15, 0.2) is 0 Å². The lowest BCUT2D eigenvalue weighted by molar-refractivity contribution is -0.119. The van der Waals surface area contributed by atoms with Crippen LogP contribution in [0.25, 0.3) is 0 Å². The zero-order valence-corrected chi connectivity index (χ0v) is 13.1. The Hall–Kier alpha value is -1.73. The fourth-order valence-electron chi connectivity index (χ4n) is 1.76. The molecule has 1 aromatic rings. The van der Waals surface area contributed by atoms with Crippen molar-refractivity contribution in [2.45, 2.75) is 19.0 Å². The van der Waals surface area contributed by atoms with Crippen LogP contribution < -0.4 is 21.7 Å². The van der Waals surface area contributed by atoms with Crippen LogP contribution in [0.15, 0.2) is 24.3 Å². The highest BCUT2D eigenvalue weighted by Crippen LogP contribution is 2.09. The molecule has 0 aliphatic heterocycles. The van der Waals surface area contributed by atoms with Crippen LogP contribution in [-0.2, 0) is 11.3 Å². The molecule has 0 bridgehead atoms. The van der Waals surface area contributed by atoms with Gasteiger partial charge in [-0.15, -0.1) is 0 Å². The standard InChI is InChI=1S/C14H22N4O2S/c1-16-9-10-3-5-11(6-4-10)17-14(20)18-12(13(15)19)7-8-21-2/h3-6,12,16H,7-9H2,1-2H3,(H2,15,19)(H2,17,18,20)/t12-/m0/s1. The first-order valence-electron chi connectivity index (χ1n) is 6.66. The van der Waals surface area contributed by atoms with Gasteiger partial charge in [-0.05, 0) is 43.2 Å². The molecule has 0 fully saturated rings. The van der Waals surface area contributed by atoms with Crippen LogP contribution >= 0.6 is 11.8 Å². The fourth-order valence-corrected chi connectivity index (χ4v) is 2.23. The predicted molar refractivity (Wildman–Crippen MR) is 87.3 cm³/mol. The quantitative estimate of drug-likeness (QED) is 0.579. The van der Waals surface area contributed by atoms with E-state index >= 15 is 0 Å². The molecule has 0 saturated carbocycles. The number of anilines is 1. The normalized spacial score (nSPS) is 11.7. The SMILES string of the molecule is CNCc1ccc(NC(=O)N[C@@H](CCSC)C(N)=O)cc1. The van der Waals surface area contributed by atoms with E-state index in [1.165, 1.54) is 0 Å². The Morgan fingerprint density at radius 3 is 2.48 bits per heavy atom. The second-order valence-electron chi connectivity index (χ2n) is 4.56. The van der Waals surface area contributed by atoms with Crippen molar-refractivity contribution in [2.24, 2.45) is 5.73 Å². The lowest BCUT2D eigenvalue weighted by atomic mass is 10.2. The summed E-state index contributed by atoms with van der Waals surface area (Å²) >= 11 is 1.60. The predicted octanol–water partition coefficient (Wildman–Crippen LogP) is 1.13. The van der Waals surface area contributed by atoms with Gasteiger partial charge in [0, 0.05) is 12.2 Å². The summed E-state index contributed by atoms with van der Waals surface area (Å²) in [5, 5.41) is 8.33. The van der Waals surface area contributed by atoms with E-state index < -0.39 is 18.0 Å². The summed E-state index contributed by atoms with van der Waals surface area (Å²) in [6.07, 6.45) is 2.45. The van der Waals surface area contributed by atoms with Crippen LogP contribution in [-0.4, -0.2) is 37.0 Å². The number of carbonyl (C=O) groups is 2. The summed E-state index contributed by atoms with van der Waals surface area (Å²) in [4.78, 5) is 23.1. The van der Waals surface area contributed by atoms with Gasteiger partial charge in [0.2, 0.25) is 5.91 Å². The minimum Gasteiger partial charge on any atom is -0.368 e. The van der Waals surface area contributed by atoms with Gasteiger partial charge in [0.25, 0.3) is 0 Å². The second-order valence-corrected chi connectivity index (χ2v) is 5.55. The van der Waals surface area contributed by atoms with Gasteiger partial charge in [-0.1, -0.05) is 12.1 Å². The number of primary amides is 1. The number of hydrogen-bond donors (Lipinski definition) is 4. The molecule has 0 saturated heterocycles. The number of thioether (sulfide) groups is 1. The van der Waals surface area contributed by atoms with Gasteiger partial charge in [-0.2, -0.15) is 11.8 Å². The van der Waals surface area contributed by atoms with Crippen molar-refractivity contribution in [2.75, 3.05) is 24.4 Å². The maximum absolute atomic E-state index is 11.9. The smallest absolute Gasteiger partial charge is 0.319 e. The highest BCUT2D eigenvalue weighted by Gasteiger charge is 2.17. The molecule has 0 aliphatic rings. The van der Waals surface area contributed by atoms with Gasteiger partial charge in [0.05, 0.1) is 0 Å². The maximum Gasteiger partial charge on any atom is 0.319 e. The Kier molecular flexibility index (Phi) is 7.63. The Morgan fingerprint density at radius 2 is 1.95 bits per heavy atom. The van der Waals surface area contributed by atoms with Crippen molar-refractivity contribution in [3.8, 4) is 0 Å². The largest absolute Gasteiger partial charge is 0.368 e. The van der Waals surface area contributed by atoms with E-state index in [9.17, 15) is 9.59 Å². The van der Waals surface area contributed by atoms with E-state index in [1.54, 1.807) is 11.8 Å². The summed E-state index contributed by atoms with van der Waals surface area (Å²) in [5.41, 5.74) is 7.07. The molecule has 0 aliphatic carbocycles. The summed E-state index contributed by atoms with van der Waals surface area (Å²) in [6.45, 7) is 0.769. The maximum atomic E-state index is 11.9. The van der Waals surface area contributed by atoms with E-state index in [2.05, 4.69) is 16.0 Å². The molecule has 7 heteroatoms. The zero-order valence-electron chi connectivity index (χ0n) is 12.3. The molecule has 0 spiro atoms. The molecule has 0 heterocycles. The molecule has 0 aromatic heterocycles. The topological polar surface area (TPSA) is 96.2 Å². The third-order valence-corrected chi connectivity index (χ3v) is 3.50. The van der Waals surface area contributed by atoms with Crippen LogP contribution in [0, 0.1) is 0 Å². The molecule has 21 heavy (non-hydrogen) atoms. The van der Waals surface area contributed by atoms with Crippen LogP contribution in [0.3, 0.4) is 0 Å². The average molecular weight is 310 g/mol. The first kappa shape index (κ1) is 17.3. The molecule has 1 aromatic carbocycles. The Labute approximate surface area is 129 Å². The van der Waals surface area contributed by atoms with Crippen LogP contribution in [0.1, 0.15) is 12.0 Å². The van der Waals surface area contributed by atoms with Crippen molar-refractivity contribution in [3.05, 3.63) is 29.8 Å². The number of rotatable bonds is 8. The van der Waals surface area contributed by atoms with E-state index in [0.717, 1.165) is 17.9 Å². The molecule has 1 atom stereocenters. The minimum absolute atomic E-state index is 0.429. The van der Waals surface area contributed by atoms with Gasteiger partial charge < -0.3 is 21.7 Å². The van der Waals surface area contributed by atoms with Crippen LogP contribution in [0.4, 0.5) is 10.5 Å². The first-order valence-corrected chi connectivity index (χ1v) is 8.05. The minimum atomic E-state index is -0.652. The number of urea groups is 1. The van der Waals surface area contributed by atoms with Crippen molar-refractivity contribution >= 4 is 29.4 Å². The third-order valence-electron chi connectivity index (χ3n) is 2.85. The molecule has 1 rings (SSSR count). The first-order chi connectivity index (χ1) is 10.1. The molecule has 0 unspecified atom stereocenters. The highest BCUT2D eigenvalue weighted by molar-refractivity contribution is 7.98. The van der Waals surface area contributed by atoms with Crippen LogP contribution in [0.2, 0.25) is 0 Å². The summed E-state index contributed by atoms with van der Waals surface area (Å²) in [6, 6.07) is 6.39. The molecular formula is C14H22N4O2S. The van der Waals surface area contributed by atoms with Crippen molar-refractivity contribution in [3.63, 3.8) is 0 Å². The number of amides is 3. The molecular weight excluding hydrogens is 288 g/mol. The van der Waals surface area contributed by atoms with E-state index in [0.29, 0.717) is 12.1 Å². The summed E-state index contributed by atoms with van der Waals surface area (Å²) in [7, 11) is 1.87. The Morgan fingerprint density at radius 1 is 1.29 bits per heavy atom. The van der Waals surface area contributed by atoms with Gasteiger partial charge in [-0.25, -0.2) is 4.79 Å². The lowest BCUT2D eigenvalue weighted by Crippen LogP contribution is -2.46. The molecule has 3 amide bonds. The average Bonchev–Trinajstić information content (AvgIpc) is 2.45. The highest BCUT2D eigenvalue weighted by atomic mass is 32.2. The second kappa shape index (κ2) is 9.25. The van der Waals surface area contributed by atoms with Crippen molar-refractivity contribution in [1.29, 1.82) is 0 Å². The van der Waals surface area contributed by atoms with Gasteiger partial charge >= 0.3 is 6.03 Å². The summed E-state index contributed by atoms with van der Waals surface area (Å²) in [5.74, 6) is 0.232. The van der Waals surface area contributed by atoms with E-state index in [1.807, 2.05) is 37.6 Å². The van der Waals surface area contributed by atoms with Gasteiger partial charge in [0.1, 0.15) is 6.04 Å². The van der Waals surface area contributed by atoms with Crippen molar-refractivity contribution < 1.29 is 9.59 Å². The van der Waals surface area contributed by atoms with E-state index in [4.69, 9.17) is 5.73 Å². The third kappa shape index (κ3) is 6.50. The lowest BCUT2D eigenvalue weighted by Gasteiger charge is -2.15. The Bertz CT molecular complexity index is 465. The molecule has 6 nitrogen and oxygen atoms in total. The monoisotopic (exact) mass is 310 g/mol. The van der Waals surface area contributed by atoms with Crippen LogP contribution in [0.5, 0.6) is 0 Å². The van der Waals surface area contributed by atoms with Gasteiger partial charge in [-0.3, -0.25) is 4.79 Å². The zero-order chi connectivity index (χ0) is 15.7. The number of nitrogens with two attached hydrogens (primary N) is 1. The summed E-state index contributed by atoms with van der Waals surface area (Å²) < 4.78 is 0. The number of benzene rings is 1.